The Morgan fingerprint density at radius 1 is 1.41 bits per heavy atom. The van der Waals surface area contributed by atoms with Crippen molar-refractivity contribution in [3.8, 4) is 0 Å². The van der Waals surface area contributed by atoms with Crippen LogP contribution in [-0.2, 0) is 6.42 Å². The van der Waals surface area contributed by atoms with Crippen molar-refractivity contribution < 1.29 is 8.81 Å². The van der Waals surface area contributed by atoms with Crippen molar-refractivity contribution in [2.75, 3.05) is 0 Å². The summed E-state index contributed by atoms with van der Waals surface area (Å²) in [5.74, 6) is -0.126. The van der Waals surface area contributed by atoms with Crippen LogP contribution in [0.5, 0.6) is 0 Å². The molecular weight excluding hydrogens is 245 g/mol. The van der Waals surface area contributed by atoms with E-state index in [1.807, 2.05) is 0 Å². The average Bonchev–Trinajstić information content (AvgIpc) is 2.29. The summed E-state index contributed by atoms with van der Waals surface area (Å²) in [5.41, 5.74) is -0.104. The van der Waals surface area contributed by atoms with Crippen LogP contribution in [0.2, 0.25) is 5.15 Å². The molecule has 17 heavy (non-hydrogen) atoms. The fourth-order valence-corrected chi connectivity index (χ4v) is 1.56. The fourth-order valence-electron chi connectivity index (χ4n) is 1.42. The predicted molar refractivity (Wildman–Crippen MR) is 61.7 cm³/mol. The van der Waals surface area contributed by atoms with E-state index in [2.05, 4.69) is 4.98 Å². The molecule has 0 saturated carbocycles. The summed E-state index contributed by atoms with van der Waals surface area (Å²) in [7, 11) is 0. The number of rotatable bonds is 2. The Morgan fingerprint density at radius 3 is 2.82 bits per heavy atom. The van der Waals surface area contributed by atoms with Gasteiger partial charge in [-0.2, -0.15) is 0 Å². The van der Waals surface area contributed by atoms with E-state index in [0.29, 0.717) is 5.56 Å². The molecule has 0 fully saturated rings. The SMILES string of the molecule is Cc1oc(=O)c(Cc2ccccc2F)nc1Cl. The molecule has 0 aliphatic heterocycles. The van der Waals surface area contributed by atoms with Crippen LogP contribution >= 0.6 is 11.6 Å². The number of benzene rings is 1. The molecule has 0 amide bonds. The van der Waals surface area contributed by atoms with Gasteiger partial charge in [-0.3, -0.25) is 0 Å². The maximum absolute atomic E-state index is 13.4. The van der Waals surface area contributed by atoms with Gasteiger partial charge < -0.3 is 4.42 Å². The third kappa shape index (κ3) is 2.53. The van der Waals surface area contributed by atoms with Gasteiger partial charge in [0.1, 0.15) is 17.3 Å². The lowest BCUT2D eigenvalue weighted by Crippen LogP contribution is -2.12. The van der Waals surface area contributed by atoms with Gasteiger partial charge in [0, 0.05) is 6.42 Å². The van der Waals surface area contributed by atoms with Crippen molar-refractivity contribution in [3.05, 3.63) is 62.7 Å². The average molecular weight is 254 g/mol. The molecule has 88 valence electrons. The van der Waals surface area contributed by atoms with E-state index < -0.39 is 5.63 Å². The fraction of sp³-hybridized carbons (Fsp3) is 0.167. The van der Waals surface area contributed by atoms with Crippen molar-refractivity contribution in [1.29, 1.82) is 0 Å². The van der Waals surface area contributed by atoms with Crippen LogP contribution in [-0.4, -0.2) is 4.98 Å². The van der Waals surface area contributed by atoms with Crippen LogP contribution in [0.15, 0.2) is 33.5 Å². The lowest BCUT2D eigenvalue weighted by atomic mass is 10.1. The van der Waals surface area contributed by atoms with Crippen molar-refractivity contribution in [3.63, 3.8) is 0 Å². The monoisotopic (exact) mass is 253 g/mol. The minimum Gasteiger partial charge on any atom is -0.424 e. The summed E-state index contributed by atoms with van der Waals surface area (Å²) in [6.45, 7) is 1.55. The lowest BCUT2D eigenvalue weighted by Gasteiger charge is -2.02. The molecule has 0 bridgehead atoms. The second-order valence-electron chi connectivity index (χ2n) is 3.56. The Kier molecular flexibility index (Phi) is 3.24. The largest absolute Gasteiger partial charge is 0.424 e. The number of hydrogen-bond acceptors (Lipinski definition) is 3. The van der Waals surface area contributed by atoms with Gasteiger partial charge in [0.2, 0.25) is 0 Å². The Morgan fingerprint density at radius 2 is 2.12 bits per heavy atom. The minimum atomic E-state index is -0.588. The third-order valence-corrected chi connectivity index (χ3v) is 2.67. The van der Waals surface area contributed by atoms with Gasteiger partial charge >= 0.3 is 5.63 Å². The van der Waals surface area contributed by atoms with Gasteiger partial charge in [0.15, 0.2) is 5.15 Å². The van der Waals surface area contributed by atoms with Crippen LogP contribution in [0.1, 0.15) is 17.0 Å². The highest BCUT2D eigenvalue weighted by Gasteiger charge is 2.11. The molecule has 3 nitrogen and oxygen atoms in total. The van der Waals surface area contributed by atoms with Crippen LogP contribution in [0.3, 0.4) is 0 Å². The molecule has 1 heterocycles. The summed E-state index contributed by atoms with van der Waals surface area (Å²) < 4.78 is 18.3. The van der Waals surface area contributed by atoms with Gasteiger partial charge in [-0.15, -0.1) is 0 Å². The van der Waals surface area contributed by atoms with E-state index in [1.165, 1.54) is 6.07 Å². The number of nitrogens with zero attached hydrogens (tertiary/aromatic N) is 1. The standard InChI is InChI=1S/C12H9ClFNO2/c1-7-11(13)15-10(12(16)17-7)6-8-4-2-3-5-9(8)14/h2-5H,6H2,1H3. The number of aromatic nitrogens is 1. The third-order valence-electron chi connectivity index (χ3n) is 2.32. The van der Waals surface area contributed by atoms with Gasteiger partial charge in [-0.25, -0.2) is 14.2 Å². The smallest absolute Gasteiger partial charge is 0.358 e. The molecule has 5 heteroatoms. The second kappa shape index (κ2) is 4.67. The molecule has 2 aromatic rings. The Labute approximate surface area is 102 Å². The Balaban J connectivity index is 2.41. The molecule has 0 aliphatic carbocycles. The first-order valence-corrected chi connectivity index (χ1v) is 5.35. The number of hydrogen-bond donors (Lipinski definition) is 0. The first kappa shape index (κ1) is 11.8. The summed E-state index contributed by atoms with van der Waals surface area (Å²) in [6.07, 6.45) is 0.0645. The summed E-state index contributed by atoms with van der Waals surface area (Å²) in [5, 5.41) is 0.121. The molecule has 0 N–H and O–H groups in total. The van der Waals surface area contributed by atoms with E-state index >= 15 is 0 Å². The van der Waals surface area contributed by atoms with Crippen LogP contribution in [0.4, 0.5) is 4.39 Å². The van der Waals surface area contributed by atoms with Crippen molar-refractivity contribution in [2.24, 2.45) is 0 Å². The molecule has 0 atom stereocenters. The zero-order valence-corrected chi connectivity index (χ0v) is 9.79. The van der Waals surface area contributed by atoms with Crippen LogP contribution in [0.25, 0.3) is 0 Å². The van der Waals surface area contributed by atoms with Gasteiger partial charge in [-0.1, -0.05) is 29.8 Å². The summed E-state index contributed by atoms with van der Waals surface area (Å²) in [4.78, 5) is 15.4. The highest BCUT2D eigenvalue weighted by Crippen LogP contribution is 2.13. The molecule has 1 aromatic heterocycles. The molecule has 1 aromatic carbocycles. The van der Waals surface area contributed by atoms with Gasteiger partial charge in [0.05, 0.1) is 0 Å². The molecule has 0 radical (unpaired) electrons. The maximum Gasteiger partial charge on any atom is 0.358 e. The molecule has 0 aliphatic rings. The molecule has 0 unspecified atom stereocenters. The highest BCUT2D eigenvalue weighted by atomic mass is 35.5. The van der Waals surface area contributed by atoms with Crippen molar-refractivity contribution >= 4 is 11.6 Å². The summed E-state index contributed by atoms with van der Waals surface area (Å²) in [6, 6.07) is 6.18. The topological polar surface area (TPSA) is 43.1 Å². The normalized spacial score (nSPS) is 10.5. The Bertz CT molecular complexity index is 610. The lowest BCUT2D eigenvalue weighted by molar-refractivity contribution is 0.463. The molecule has 0 spiro atoms. The second-order valence-corrected chi connectivity index (χ2v) is 3.92. The predicted octanol–water partition coefficient (Wildman–Crippen LogP) is 2.73. The molecular formula is C12H9ClFNO2. The zero-order chi connectivity index (χ0) is 12.4. The molecule has 2 rings (SSSR count). The Hall–Kier alpha value is -1.68. The summed E-state index contributed by atoms with van der Waals surface area (Å²) >= 11 is 5.75. The maximum atomic E-state index is 13.4. The van der Waals surface area contributed by atoms with E-state index in [-0.39, 0.29) is 28.8 Å². The zero-order valence-electron chi connectivity index (χ0n) is 9.04. The van der Waals surface area contributed by atoms with Gasteiger partial charge in [0.25, 0.3) is 0 Å². The van der Waals surface area contributed by atoms with E-state index in [0.717, 1.165) is 0 Å². The van der Waals surface area contributed by atoms with E-state index in [1.54, 1.807) is 25.1 Å². The first-order valence-electron chi connectivity index (χ1n) is 4.97. The molecule has 0 saturated heterocycles. The van der Waals surface area contributed by atoms with Crippen molar-refractivity contribution in [1.82, 2.24) is 4.98 Å². The minimum absolute atomic E-state index is 0.0645. The quantitative estimate of drug-likeness (QED) is 0.827. The first-order chi connectivity index (χ1) is 8.08. The van der Waals surface area contributed by atoms with Gasteiger partial charge in [-0.05, 0) is 18.6 Å². The number of halogens is 2. The van der Waals surface area contributed by atoms with E-state index in [9.17, 15) is 9.18 Å². The highest BCUT2D eigenvalue weighted by molar-refractivity contribution is 6.29. The number of aryl methyl sites for hydroxylation is 1. The van der Waals surface area contributed by atoms with E-state index in [4.69, 9.17) is 16.0 Å². The van der Waals surface area contributed by atoms with Crippen molar-refractivity contribution in [2.45, 2.75) is 13.3 Å². The van der Waals surface area contributed by atoms with Crippen LogP contribution in [0, 0.1) is 12.7 Å². The van der Waals surface area contributed by atoms with Crippen LogP contribution < -0.4 is 5.63 Å².